The van der Waals surface area contributed by atoms with Crippen molar-refractivity contribution in [2.45, 2.75) is 13.8 Å². The number of nitrogens with one attached hydrogen (secondary N) is 2. The Hall–Kier alpha value is -2.47. The zero-order valence-electron chi connectivity index (χ0n) is 11.6. The lowest BCUT2D eigenvalue weighted by molar-refractivity contribution is 1.20. The molecule has 3 aromatic heterocycles. The standard InChI is InChI=1S/C15H13N5S/c1-8-6-16-14-13(8)15(18-7-17-14)20-10-3-4-11-12(5-10)21-9(2)19-11/h3-7H,1-2H3,(H2,16,17,18,20). The summed E-state index contributed by atoms with van der Waals surface area (Å²) in [5.74, 6) is 0.819. The fourth-order valence-electron chi connectivity index (χ4n) is 2.47. The van der Waals surface area contributed by atoms with E-state index in [0.717, 1.165) is 38.6 Å². The second-order valence-electron chi connectivity index (χ2n) is 4.96. The minimum Gasteiger partial charge on any atom is -0.346 e. The molecule has 6 heteroatoms. The Morgan fingerprint density at radius 2 is 2.10 bits per heavy atom. The molecule has 0 amide bonds. The average Bonchev–Trinajstić information content (AvgIpc) is 3.02. The van der Waals surface area contributed by atoms with Crippen LogP contribution < -0.4 is 5.32 Å². The third kappa shape index (κ3) is 2.04. The molecule has 21 heavy (non-hydrogen) atoms. The Bertz CT molecular complexity index is 953. The summed E-state index contributed by atoms with van der Waals surface area (Å²) in [6.45, 7) is 4.07. The van der Waals surface area contributed by atoms with E-state index in [1.54, 1.807) is 17.7 Å². The molecule has 1 aromatic carbocycles. The molecule has 104 valence electrons. The Kier molecular flexibility index (Phi) is 2.65. The van der Waals surface area contributed by atoms with Crippen LogP contribution in [-0.2, 0) is 0 Å². The van der Waals surface area contributed by atoms with E-state index in [4.69, 9.17) is 0 Å². The van der Waals surface area contributed by atoms with E-state index in [9.17, 15) is 0 Å². The molecule has 5 nitrogen and oxygen atoms in total. The van der Waals surface area contributed by atoms with Crippen LogP contribution in [0.2, 0.25) is 0 Å². The first-order valence-corrected chi connectivity index (χ1v) is 7.45. The van der Waals surface area contributed by atoms with Gasteiger partial charge in [-0.2, -0.15) is 0 Å². The molecule has 0 saturated carbocycles. The van der Waals surface area contributed by atoms with Gasteiger partial charge in [-0.15, -0.1) is 11.3 Å². The van der Waals surface area contributed by atoms with Crippen molar-refractivity contribution < 1.29 is 0 Å². The highest BCUT2D eigenvalue weighted by molar-refractivity contribution is 7.18. The fraction of sp³-hybridized carbons (Fsp3) is 0.133. The van der Waals surface area contributed by atoms with Gasteiger partial charge < -0.3 is 10.3 Å². The van der Waals surface area contributed by atoms with Crippen molar-refractivity contribution in [2.75, 3.05) is 5.32 Å². The Morgan fingerprint density at radius 1 is 1.19 bits per heavy atom. The fourth-order valence-corrected chi connectivity index (χ4v) is 3.33. The van der Waals surface area contributed by atoms with Crippen LogP contribution in [0.4, 0.5) is 11.5 Å². The number of aryl methyl sites for hydroxylation is 2. The molecular weight excluding hydrogens is 282 g/mol. The van der Waals surface area contributed by atoms with Gasteiger partial charge in [-0.05, 0) is 37.6 Å². The van der Waals surface area contributed by atoms with Crippen LogP contribution in [0, 0.1) is 13.8 Å². The number of anilines is 2. The summed E-state index contributed by atoms with van der Waals surface area (Å²) >= 11 is 1.70. The monoisotopic (exact) mass is 295 g/mol. The van der Waals surface area contributed by atoms with E-state index >= 15 is 0 Å². The topological polar surface area (TPSA) is 66.5 Å². The third-order valence-electron chi connectivity index (χ3n) is 3.43. The maximum Gasteiger partial charge on any atom is 0.143 e. The third-order valence-corrected chi connectivity index (χ3v) is 4.36. The second-order valence-corrected chi connectivity index (χ2v) is 6.19. The first-order chi connectivity index (χ1) is 10.2. The van der Waals surface area contributed by atoms with E-state index < -0.39 is 0 Å². The van der Waals surface area contributed by atoms with Crippen molar-refractivity contribution in [3.05, 3.63) is 41.3 Å². The first kappa shape index (κ1) is 12.3. The van der Waals surface area contributed by atoms with Gasteiger partial charge in [0, 0.05) is 11.9 Å². The quantitative estimate of drug-likeness (QED) is 0.588. The molecule has 4 aromatic rings. The Balaban J connectivity index is 1.80. The molecule has 0 aliphatic carbocycles. The number of nitrogens with zero attached hydrogens (tertiary/aromatic N) is 3. The van der Waals surface area contributed by atoms with E-state index in [-0.39, 0.29) is 0 Å². The van der Waals surface area contributed by atoms with Crippen molar-refractivity contribution in [1.82, 2.24) is 19.9 Å². The smallest absolute Gasteiger partial charge is 0.143 e. The number of hydrogen-bond acceptors (Lipinski definition) is 5. The maximum absolute atomic E-state index is 4.48. The zero-order valence-corrected chi connectivity index (χ0v) is 12.5. The molecular formula is C15H13N5S. The van der Waals surface area contributed by atoms with E-state index in [1.807, 2.05) is 32.2 Å². The van der Waals surface area contributed by atoms with Gasteiger partial charge in [0.25, 0.3) is 0 Å². The highest BCUT2D eigenvalue weighted by Gasteiger charge is 2.09. The predicted molar refractivity (Wildman–Crippen MR) is 86.3 cm³/mol. The summed E-state index contributed by atoms with van der Waals surface area (Å²) in [6, 6.07) is 6.16. The highest BCUT2D eigenvalue weighted by Crippen LogP contribution is 2.29. The highest BCUT2D eigenvalue weighted by atomic mass is 32.1. The predicted octanol–water partition coefficient (Wildman–Crippen LogP) is 3.93. The number of aromatic amines is 1. The van der Waals surface area contributed by atoms with Crippen molar-refractivity contribution in [3.8, 4) is 0 Å². The molecule has 0 bridgehead atoms. The van der Waals surface area contributed by atoms with E-state index in [1.165, 1.54) is 4.70 Å². The van der Waals surface area contributed by atoms with Gasteiger partial charge >= 0.3 is 0 Å². The number of aromatic nitrogens is 4. The van der Waals surface area contributed by atoms with Crippen molar-refractivity contribution in [1.29, 1.82) is 0 Å². The van der Waals surface area contributed by atoms with Gasteiger partial charge in [0.1, 0.15) is 17.8 Å². The summed E-state index contributed by atoms with van der Waals surface area (Å²) in [7, 11) is 0. The lowest BCUT2D eigenvalue weighted by atomic mass is 10.2. The zero-order chi connectivity index (χ0) is 14.4. The maximum atomic E-state index is 4.48. The molecule has 3 heterocycles. The normalized spacial score (nSPS) is 11.3. The molecule has 0 radical (unpaired) electrons. The molecule has 2 N–H and O–H groups in total. The van der Waals surface area contributed by atoms with E-state index in [2.05, 4.69) is 31.3 Å². The van der Waals surface area contributed by atoms with Gasteiger partial charge in [0.2, 0.25) is 0 Å². The first-order valence-electron chi connectivity index (χ1n) is 6.63. The number of H-pyrrole nitrogens is 1. The minimum absolute atomic E-state index is 0.819. The lowest BCUT2D eigenvalue weighted by Gasteiger charge is -2.07. The van der Waals surface area contributed by atoms with Gasteiger partial charge in [-0.25, -0.2) is 15.0 Å². The lowest BCUT2D eigenvalue weighted by Crippen LogP contribution is -1.95. The summed E-state index contributed by atoms with van der Waals surface area (Å²) in [5.41, 5.74) is 4.02. The Labute approximate surface area is 125 Å². The van der Waals surface area contributed by atoms with E-state index in [0.29, 0.717) is 0 Å². The van der Waals surface area contributed by atoms with Gasteiger partial charge in [-0.3, -0.25) is 0 Å². The van der Waals surface area contributed by atoms with Gasteiger partial charge in [0.05, 0.1) is 20.6 Å². The van der Waals surface area contributed by atoms with Crippen LogP contribution in [0.3, 0.4) is 0 Å². The molecule has 0 aliphatic heterocycles. The number of rotatable bonds is 2. The summed E-state index contributed by atoms with van der Waals surface area (Å²) in [5, 5.41) is 5.49. The molecule has 4 rings (SSSR count). The average molecular weight is 295 g/mol. The number of hydrogen-bond donors (Lipinski definition) is 2. The largest absolute Gasteiger partial charge is 0.346 e. The second kappa shape index (κ2) is 4.53. The summed E-state index contributed by atoms with van der Waals surface area (Å²) in [6.07, 6.45) is 3.51. The molecule has 0 unspecified atom stereocenters. The van der Waals surface area contributed by atoms with Crippen LogP contribution in [0.15, 0.2) is 30.7 Å². The van der Waals surface area contributed by atoms with Gasteiger partial charge in [0.15, 0.2) is 0 Å². The van der Waals surface area contributed by atoms with Crippen LogP contribution in [0.1, 0.15) is 10.6 Å². The van der Waals surface area contributed by atoms with Crippen LogP contribution in [0.5, 0.6) is 0 Å². The van der Waals surface area contributed by atoms with Gasteiger partial charge in [-0.1, -0.05) is 0 Å². The molecule has 0 fully saturated rings. The van der Waals surface area contributed by atoms with Crippen molar-refractivity contribution in [2.24, 2.45) is 0 Å². The minimum atomic E-state index is 0.819. The van der Waals surface area contributed by atoms with Crippen molar-refractivity contribution >= 4 is 44.1 Å². The summed E-state index contributed by atoms with van der Waals surface area (Å²) < 4.78 is 1.17. The SMILES string of the molecule is Cc1nc2ccc(Nc3ncnc4[nH]cc(C)c34)cc2s1. The molecule has 0 aliphatic rings. The number of thiazole rings is 1. The summed E-state index contributed by atoms with van der Waals surface area (Å²) in [4.78, 5) is 16.2. The molecule has 0 atom stereocenters. The number of fused-ring (bicyclic) bond motifs is 2. The van der Waals surface area contributed by atoms with Crippen LogP contribution in [-0.4, -0.2) is 19.9 Å². The Morgan fingerprint density at radius 3 is 3.00 bits per heavy atom. The van der Waals surface area contributed by atoms with Crippen molar-refractivity contribution in [3.63, 3.8) is 0 Å². The molecule has 0 saturated heterocycles. The molecule has 0 spiro atoms. The van der Waals surface area contributed by atoms with Crippen LogP contribution in [0.25, 0.3) is 21.3 Å². The van der Waals surface area contributed by atoms with Crippen LogP contribution >= 0.6 is 11.3 Å². The number of benzene rings is 1.